The van der Waals surface area contributed by atoms with Crippen LogP contribution in [0.15, 0.2) is 24.3 Å². The number of carboxylic acids is 1. The van der Waals surface area contributed by atoms with E-state index in [4.69, 9.17) is 5.11 Å². The van der Waals surface area contributed by atoms with Crippen molar-refractivity contribution < 1.29 is 14.3 Å². The number of hydrogen-bond acceptors (Lipinski definition) is 2. The summed E-state index contributed by atoms with van der Waals surface area (Å²) in [6.07, 6.45) is 0.645. The first kappa shape index (κ1) is 12.6. The minimum absolute atomic E-state index is 0.258. The molecule has 1 unspecified atom stereocenters. The molecule has 88 valence electrons. The molecule has 4 heteroatoms. The molecular weight excluding hydrogens is 209 g/mol. The van der Waals surface area contributed by atoms with E-state index >= 15 is 0 Å². The quantitative estimate of drug-likeness (QED) is 0.830. The normalized spacial score (nSPS) is 12.8. The molecule has 0 aromatic heterocycles. The van der Waals surface area contributed by atoms with Crippen molar-refractivity contribution >= 4 is 5.97 Å². The van der Waals surface area contributed by atoms with Crippen molar-refractivity contribution in [1.82, 2.24) is 4.90 Å². The predicted molar refractivity (Wildman–Crippen MR) is 59.8 cm³/mol. The van der Waals surface area contributed by atoms with Crippen LogP contribution in [0.4, 0.5) is 4.39 Å². The lowest BCUT2D eigenvalue weighted by molar-refractivity contribution is -0.142. The lowest BCUT2D eigenvalue weighted by Crippen LogP contribution is -2.37. The molecule has 0 saturated carbocycles. The Morgan fingerprint density at radius 1 is 1.56 bits per heavy atom. The summed E-state index contributed by atoms with van der Waals surface area (Å²) in [5.41, 5.74) is 0.879. The van der Waals surface area contributed by atoms with E-state index in [9.17, 15) is 9.18 Å². The average molecular weight is 225 g/mol. The van der Waals surface area contributed by atoms with E-state index in [0.717, 1.165) is 5.56 Å². The number of nitrogens with zero attached hydrogens (tertiary/aromatic N) is 1. The Morgan fingerprint density at radius 2 is 2.25 bits per heavy atom. The molecule has 0 aliphatic carbocycles. The van der Waals surface area contributed by atoms with Gasteiger partial charge in [0.15, 0.2) is 0 Å². The van der Waals surface area contributed by atoms with Gasteiger partial charge in [0, 0.05) is 6.54 Å². The second-order valence-electron chi connectivity index (χ2n) is 3.87. The Labute approximate surface area is 94.5 Å². The van der Waals surface area contributed by atoms with Crippen LogP contribution in [0.5, 0.6) is 0 Å². The van der Waals surface area contributed by atoms with E-state index in [-0.39, 0.29) is 5.82 Å². The van der Waals surface area contributed by atoms with E-state index < -0.39 is 12.0 Å². The van der Waals surface area contributed by atoms with Gasteiger partial charge >= 0.3 is 5.97 Å². The topological polar surface area (TPSA) is 40.5 Å². The van der Waals surface area contributed by atoms with Gasteiger partial charge in [-0.2, -0.15) is 0 Å². The van der Waals surface area contributed by atoms with Gasteiger partial charge in [-0.1, -0.05) is 12.1 Å². The first-order valence-corrected chi connectivity index (χ1v) is 5.18. The molecule has 0 bridgehead atoms. The van der Waals surface area contributed by atoms with Crippen molar-refractivity contribution in [2.45, 2.75) is 19.4 Å². The number of carboxylic acid groups (broad SMARTS) is 1. The maximum absolute atomic E-state index is 12.9. The molecule has 1 rings (SSSR count). The Hall–Kier alpha value is -1.42. The van der Waals surface area contributed by atoms with Crippen molar-refractivity contribution in [2.75, 3.05) is 13.6 Å². The highest BCUT2D eigenvalue weighted by atomic mass is 19.1. The number of aliphatic carboxylic acids is 1. The van der Waals surface area contributed by atoms with E-state index in [1.54, 1.807) is 24.9 Å². The Kier molecular flexibility index (Phi) is 4.43. The highest BCUT2D eigenvalue weighted by Crippen LogP contribution is 2.06. The largest absolute Gasteiger partial charge is 0.480 e. The Morgan fingerprint density at radius 3 is 2.81 bits per heavy atom. The molecule has 0 spiro atoms. The van der Waals surface area contributed by atoms with Crippen molar-refractivity contribution in [2.24, 2.45) is 0 Å². The molecule has 1 aromatic rings. The molecule has 16 heavy (non-hydrogen) atoms. The van der Waals surface area contributed by atoms with Crippen LogP contribution in [0.25, 0.3) is 0 Å². The summed E-state index contributed by atoms with van der Waals surface area (Å²) in [5, 5.41) is 8.79. The third-order valence-electron chi connectivity index (χ3n) is 2.66. The molecule has 0 aliphatic heterocycles. The number of likely N-dealkylation sites (N-methyl/N-ethyl adjacent to an activating group) is 1. The van der Waals surface area contributed by atoms with Crippen LogP contribution < -0.4 is 0 Å². The molecule has 0 saturated heterocycles. The molecule has 0 fully saturated rings. The van der Waals surface area contributed by atoms with Gasteiger partial charge in [-0.25, -0.2) is 4.39 Å². The van der Waals surface area contributed by atoms with Crippen molar-refractivity contribution in [3.63, 3.8) is 0 Å². The smallest absolute Gasteiger partial charge is 0.320 e. The minimum atomic E-state index is -0.846. The van der Waals surface area contributed by atoms with Crippen molar-refractivity contribution in [1.29, 1.82) is 0 Å². The molecule has 1 aromatic carbocycles. The average Bonchev–Trinajstić information content (AvgIpc) is 2.24. The van der Waals surface area contributed by atoms with Crippen LogP contribution in [-0.2, 0) is 11.2 Å². The number of hydrogen-bond donors (Lipinski definition) is 1. The second-order valence-corrected chi connectivity index (χ2v) is 3.87. The molecule has 0 heterocycles. The van der Waals surface area contributed by atoms with E-state index in [1.165, 1.54) is 12.1 Å². The maximum atomic E-state index is 12.9. The molecule has 1 atom stereocenters. The summed E-state index contributed by atoms with van der Waals surface area (Å²) >= 11 is 0. The number of benzene rings is 1. The molecule has 0 aliphatic rings. The fraction of sp³-hybridized carbons (Fsp3) is 0.417. The summed E-state index contributed by atoms with van der Waals surface area (Å²) in [7, 11) is 1.75. The fourth-order valence-corrected chi connectivity index (χ4v) is 1.38. The standard InChI is InChI=1S/C12H16FNO2/c1-9(12(15)16)14(2)7-6-10-4-3-5-11(13)8-10/h3-5,8-9H,6-7H2,1-2H3,(H,15,16). The van der Waals surface area contributed by atoms with Gasteiger partial charge < -0.3 is 5.11 Å². The number of halogens is 1. The van der Waals surface area contributed by atoms with Crippen molar-refractivity contribution in [3.8, 4) is 0 Å². The monoisotopic (exact) mass is 225 g/mol. The molecule has 0 radical (unpaired) electrons. The van der Waals surface area contributed by atoms with E-state index in [1.807, 2.05) is 6.07 Å². The molecule has 3 nitrogen and oxygen atoms in total. The van der Waals surface area contributed by atoms with Crippen LogP contribution in [0.1, 0.15) is 12.5 Å². The predicted octanol–water partition coefficient (Wildman–Crippen LogP) is 1.77. The second kappa shape index (κ2) is 5.61. The minimum Gasteiger partial charge on any atom is -0.480 e. The lowest BCUT2D eigenvalue weighted by Gasteiger charge is -2.20. The van der Waals surface area contributed by atoms with Crippen LogP contribution >= 0.6 is 0 Å². The van der Waals surface area contributed by atoms with E-state index in [0.29, 0.717) is 13.0 Å². The highest BCUT2D eigenvalue weighted by molar-refractivity contribution is 5.72. The number of carbonyl (C=O) groups is 1. The molecule has 0 amide bonds. The summed E-state index contributed by atoms with van der Waals surface area (Å²) in [5.74, 6) is -1.10. The van der Waals surface area contributed by atoms with Crippen LogP contribution in [0, 0.1) is 5.82 Å². The third kappa shape index (κ3) is 3.62. The van der Waals surface area contributed by atoms with Crippen LogP contribution in [0.2, 0.25) is 0 Å². The zero-order valence-electron chi connectivity index (χ0n) is 9.48. The highest BCUT2D eigenvalue weighted by Gasteiger charge is 2.15. The molecular formula is C12H16FNO2. The van der Waals surface area contributed by atoms with Gasteiger partial charge in [-0.15, -0.1) is 0 Å². The summed E-state index contributed by atoms with van der Waals surface area (Å²) < 4.78 is 12.9. The van der Waals surface area contributed by atoms with Crippen LogP contribution in [0.3, 0.4) is 0 Å². The third-order valence-corrected chi connectivity index (χ3v) is 2.66. The summed E-state index contributed by atoms with van der Waals surface area (Å²) in [6, 6.07) is 5.84. The SMILES string of the molecule is CC(C(=O)O)N(C)CCc1cccc(F)c1. The van der Waals surface area contributed by atoms with E-state index in [2.05, 4.69) is 0 Å². The molecule has 1 N–H and O–H groups in total. The van der Waals surface area contributed by atoms with Gasteiger partial charge in [0.2, 0.25) is 0 Å². The zero-order valence-corrected chi connectivity index (χ0v) is 9.48. The Bertz CT molecular complexity index is 368. The summed E-state index contributed by atoms with van der Waals surface area (Å²) in [6.45, 7) is 2.23. The van der Waals surface area contributed by atoms with Crippen molar-refractivity contribution in [3.05, 3.63) is 35.6 Å². The first-order valence-electron chi connectivity index (χ1n) is 5.18. The lowest BCUT2D eigenvalue weighted by atomic mass is 10.1. The maximum Gasteiger partial charge on any atom is 0.320 e. The number of rotatable bonds is 5. The zero-order chi connectivity index (χ0) is 12.1. The first-order chi connectivity index (χ1) is 7.50. The van der Waals surface area contributed by atoms with Gasteiger partial charge in [-0.3, -0.25) is 9.69 Å². The summed E-state index contributed by atoms with van der Waals surface area (Å²) in [4.78, 5) is 12.4. The van der Waals surface area contributed by atoms with Crippen LogP contribution in [-0.4, -0.2) is 35.6 Å². The van der Waals surface area contributed by atoms with Gasteiger partial charge in [-0.05, 0) is 38.1 Å². The van der Waals surface area contributed by atoms with Gasteiger partial charge in [0.05, 0.1) is 0 Å². The van der Waals surface area contributed by atoms with Gasteiger partial charge in [0.25, 0.3) is 0 Å². The fourth-order valence-electron chi connectivity index (χ4n) is 1.38. The Balaban J connectivity index is 2.48. The van der Waals surface area contributed by atoms with Gasteiger partial charge in [0.1, 0.15) is 11.9 Å².